The Balaban J connectivity index is 1.59. The summed E-state index contributed by atoms with van der Waals surface area (Å²) in [6.45, 7) is 5.78. The summed E-state index contributed by atoms with van der Waals surface area (Å²) in [4.78, 5) is 27.1. The van der Waals surface area contributed by atoms with E-state index in [1.54, 1.807) is 25.0 Å². The van der Waals surface area contributed by atoms with E-state index in [0.29, 0.717) is 39.8 Å². The summed E-state index contributed by atoms with van der Waals surface area (Å²) in [5.74, 6) is 0.954. The van der Waals surface area contributed by atoms with Gasteiger partial charge in [0.1, 0.15) is 17.4 Å². The number of ether oxygens (including phenoxy) is 2. The first-order chi connectivity index (χ1) is 19.3. The third-order valence-corrected chi connectivity index (χ3v) is 6.90. The largest absolute Gasteiger partial charge is 0.493 e. The van der Waals surface area contributed by atoms with Gasteiger partial charge in [0, 0.05) is 17.1 Å². The van der Waals surface area contributed by atoms with Gasteiger partial charge in [-0.05, 0) is 62.2 Å². The van der Waals surface area contributed by atoms with E-state index >= 15 is 0 Å². The van der Waals surface area contributed by atoms with Crippen molar-refractivity contribution < 1.29 is 19.1 Å². The lowest BCUT2D eigenvalue weighted by molar-refractivity contribution is -0.113. The number of benzene rings is 3. The van der Waals surface area contributed by atoms with E-state index in [2.05, 4.69) is 21.0 Å². The molecule has 0 bridgehead atoms. The van der Waals surface area contributed by atoms with Gasteiger partial charge in [-0.25, -0.2) is 4.68 Å². The number of carbonyl (C=O) groups excluding carboxylic acids is 2. The average Bonchev–Trinajstić information content (AvgIpc) is 3.37. The first-order valence-corrected chi connectivity index (χ1v) is 12.8. The quantitative estimate of drug-likeness (QED) is 0.279. The number of hydrogen-bond donors (Lipinski definition) is 3. The number of nitrogens with zero attached hydrogens (tertiary/aromatic N) is 2. The van der Waals surface area contributed by atoms with Gasteiger partial charge in [0.15, 0.2) is 11.5 Å². The van der Waals surface area contributed by atoms with Gasteiger partial charge in [-0.1, -0.05) is 42.0 Å². The Morgan fingerprint density at radius 2 is 1.62 bits per heavy atom. The summed E-state index contributed by atoms with van der Waals surface area (Å²) in [6, 6.07) is 19.9. The number of aryl methyl sites for hydroxylation is 2. The molecule has 4 aromatic rings. The monoisotopic (exact) mass is 537 g/mol. The van der Waals surface area contributed by atoms with Crippen LogP contribution < -0.4 is 25.4 Å². The SMILES string of the molecule is COc1ccc([C@@H]2C(C(=O)Nc3ccc(C)cc3C)=C(C)Nc3c(C(=O)Nc4ccccc4)cnn32)cc1OC. The highest BCUT2D eigenvalue weighted by atomic mass is 16.5. The molecular formula is C31H31N5O4. The Bertz CT molecular complexity index is 1620. The predicted octanol–water partition coefficient (Wildman–Crippen LogP) is 5.70. The molecule has 0 unspecified atom stereocenters. The number of hydrogen-bond acceptors (Lipinski definition) is 6. The van der Waals surface area contributed by atoms with Crippen LogP contribution >= 0.6 is 0 Å². The smallest absolute Gasteiger partial charge is 0.261 e. The van der Waals surface area contributed by atoms with E-state index in [9.17, 15) is 9.59 Å². The van der Waals surface area contributed by atoms with Crippen molar-refractivity contribution in [3.8, 4) is 11.5 Å². The van der Waals surface area contributed by atoms with E-state index in [1.807, 2.05) is 81.4 Å². The highest BCUT2D eigenvalue weighted by molar-refractivity contribution is 6.09. The molecule has 9 heteroatoms. The molecule has 40 heavy (non-hydrogen) atoms. The zero-order valence-corrected chi connectivity index (χ0v) is 23.0. The van der Waals surface area contributed by atoms with Crippen molar-refractivity contribution in [1.82, 2.24) is 9.78 Å². The standard InChI is InChI=1S/C31H31N5O4/c1-18-11-13-24(19(2)15-18)35-31(38)27-20(3)33-29-23(30(37)34-22-9-7-6-8-10-22)17-32-36(29)28(27)21-12-14-25(39-4)26(16-21)40-5/h6-17,28,33H,1-5H3,(H,34,37)(H,35,38)/t28-/m1/s1. The van der Waals surface area contributed by atoms with Crippen LogP contribution in [0.5, 0.6) is 11.5 Å². The van der Waals surface area contributed by atoms with Crippen LogP contribution in [0.3, 0.4) is 0 Å². The number of carbonyl (C=O) groups is 2. The Morgan fingerprint density at radius 3 is 2.33 bits per heavy atom. The van der Waals surface area contributed by atoms with Crippen molar-refractivity contribution in [2.24, 2.45) is 0 Å². The van der Waals surface area contributed by atoms with E-state index < -0.39 is 6.04 Å². The first kappa shape index (κ1) is 26.6. The first-order valence-electron chi connectivity index (χ1n) is 12.8. The fourth-order valence-corrected chi connectivity index (χ4v) is 4.91. The molecule has 1 aliphatic heterocycles. The Hall–Kier alpha value is -5.05. The van der Waals surface area contributed by atoms with E-state index in [1.165, 1.54) is 6.20 Å². The van der Waals surface area contributed by atoms with Crippen LogP contribution in [-0.4, -0.2) is 35.8 Å². The highest BCUT2D eigenvalue weighted by Crippen LogP contribution is 2.40. The summed E-state index contributed by atoms with van der Waals surface area (Å²) >= 11 is 0. The van der Waals surface area contributed by atoms with Gasteiger partial charge in [-0.15, -0.1) is 0 Å². The van der Waals surface area contributed by atoms with Crippen LogP contribution in [0.4, 0.5) is 17.2 Å². The molecule has 0 spiro atoms. The van der Waals surface area contributed by atoms with Crippen molar-refractivity contribution >= 4 is 29.0 Å². The van der Waals surface area contributed by atoms with Crippen LogP contribution in [0.1, 0.15) is 40.0 Å². The number of para-hydroxylation sites is 1. The maximum atomic E-state index is 13.9. The molecule has 1 aliphatic rings. The number of fused-ring (bicyclic) bond motifs is 1. The van der Waals surface area contributed by atoms with E-state index in [0.717, 1.165) is 22.4 Å². The molecule has 1 atom stereocenters. The van der Waals surface area contributed by atoms with Gasteiger partial charge < -0.3 is 25.4 Å². The Labute approximate surface area is 232 Å². The topological polar surface area (TPSA) is 107 Å². The van der Waals surface area contributed by atoms with Gasteiger partial charge in [0.25, 0.3) is 11.8 Å². The molecule has 3 aromatic carbocycles. The third-order valence-electron chi connectivity index (χ3n) is 6.90. The fraction of sp³-hybridized carbons (Fsp3) is 0.194. The third kappa shape index (κ3) is 5.01. The number of nitrogens with one attached hydrogen (secondary N) is 3. The van der Waals surface area contributed by atoms with Crippen LogP contribution in [-0.2, 0) is 4.79 Å². The molecule has 2 heterocycles. The summed E-state index contributed by atoms with van der Waals surface area (Å²) in [5, 5.41) is 13.8. The highest BCUT2D eigenvalue weighted by Gasteiger charge is 2.36. The number of rotatable bonds is 7. The van der Waals surface area contributed by atoms with Crippen molar-refractivity contribution in [2.75, 3.05) is 30.2 Å². The lowest BCUT2D eigenvalue weighted by Gasteiger charge is -2.30. The van der Waals surface area contributed by atoms with Crippen molar-refractivity contribution in [3.63, 3.8) is 0 Å². The zero-order chi connectivity index (χ0) is 28.4. The molecule has 0 saturated carbocycles. The van der Waals surface area contributed by atoms with Crippen LogP contribution in [0.2, 0.25) is 0 Å². The fourth-order valence-electron chi connectivity index (χ4n) is 4.91. The second-order valence-corrected chi connectivity index (χ2v) is 9.62. The van der Waals surface area contributed by atoms with Gasteiger partial charge in [0.05, 0.1) is 26.0 Å². The molecule has 2 amide bonds. The summed E-state index contributed by atoms with van der Waals surface area (Å²) in [7, 11) is 3.13. The van der Waals surface area contributed by atoms with Crippen molar-refractivity contribution in [1.29, 1.82) is 0 Å². The molecular weight excluding hydrogens is 506 g/mol. The molecule has 0 aliphatic carbocycles. The van der Waals surface area contributed by atoms with Crippen LogP contribution in [0.15, 0.2) is 84.2 Å². The predicted molar refractivity (Wildman–Crippen MR) is 155 cm³/mol. The Kier molecular flexibility index (Phi) is 7.29. The number of methoxy groups -OCH3 is 2. The van der Waals surface area contributed by atoms with Crippen LogP contribution in [0.25, 0.3) is 0 Å². The molecule has 0 saturated heterocycles. The number of aromatic nitrogens is 2. The van der Waals surface area contributed by atoms with E-state index in [4.69, 9.17) is 9.47 Å². The van der Waals surface area contributed by atoms with Crippen molar-refractivity contribution in [2.45, 2.75) is 26.8 Å². The number of anilines is 3. The Morgan fingerprint density at radius 1 is 0.875 bits per heavy atom. The minimum Gasteiger partial charge on any atom is -0.493 e. The van der Waals surface area contributed by atoms with Crippen LogP contribution in [0, 0.1) is 13.8 Å². The van der Waals surface area contributed by atoms with Gasteiger partial charge in [-0.2, -0.15) is 5.10 Å². The molecule has 0 fully saturated rings. The van der Waals surface area contributed by atoms with Gasteiger partial charge in [0.2, 0.25) is 0 Å². The minimum absolute atomic E-state index is 0.284. The maximum absolute atomic E-state index is 13.9. The minimum atomic E-state index is -0.653. The number of allylic oxidation sites excluding steroid dienone is 1. The maximum Gasteiger partial charge on any atom is 0.261 e. The molecule has 3 N–H and O–H groups in total. The zero-order valence-electron chi connectivity index (χ0n) is 23.0. The molecule has 5 rings (SSSR count). The molecule has 0 radical (unpaired) electrons. The lowest BCUT2D eigenvalue weighted by atomic mass is 9.94. The summed E-state index contributed by atoms with van der Waals surface area (Å²) < 4.78 is 12.7. The number of amides is 2. The molecule has 1 aromatic heterocycles. The lowest BCUT2D eigenvalue weighted by Crippen LogP contribution is -2.32. The van der Waals surface area contributed by atoms with Gasteiger partial charge in [-0.3, -0.25) is 9.59 Å². The second kappa shape index (κ2) is 11.0. The summed E-state index contributed by atoms with van der Waals surface area (Å²) in [6.07, 6.45) is 1.51. The van der Waals surface area contributed by atoms with Gasteiger partial charge >= 0.3 is 0 Å². The normalized spacial score (nSPS) is 14.2. The molecule has 9 nitrogen and oxygen atoms in total. The van der Waals surface area contributed by atoms with Crippen molar-refractivity contribution in [3.05, 3.63) is 106 Å². The summed E-state index contributed by atoms with van der Waals surface area (Å²) in [5.41, 5.74) is 5.60. The second-order valence-electron chi connectivity index (χ2n) is 9.62. The average molecular weight is 538 g/mol. The van der Waals surface area contributed by atoms with E-state index in [-0.39, 0.29) is 11.8 Å². The molecule has 204 valence electrons.